The molecule has 1 aromatic carbocycles. The average molecular weight is 361 g/mol. The molecule has 0 saturated heterocycles. The van der Waals surface area contributed by atoms with Crippen LogP contribution in [0.2, 0.25) is 0 Å². The molecule has 3 N–H and O–H groups in total. The predicted octanol–water partition coefficient (Wildman–Crippen LogP) is 2.16. The molecular weight excluding hydrogens is 338 g/mol. The van der Waals surface area contributed by atoms with Gasteiger partial charge in [-0.15, -0.1) is 11.3 Å². The summed E-state index contributed by atoms with van der Waals surface area (Å²) in [6.07, 6.45) is 0.131. The second-order valence-corrected chi connectivity index (χ2v) is 7.08. The number of anilines is 2. The van der Waals surface area contributed by atoms with E-state index in [2.05, 4.69) is 10.6 Å². The van der Waals surface area contributed by atoms with Crippen LogP contribution < -0.4 is 15.5 Å². The van der Waals surface area contributed by atoms with Crippen LogP contribution in [-0.2, 0) is 16.0 Å². The Morgan fingerprint density at radius 1 is 1.12 bits per heavy atom. The first-order valence-corrected chi connectivity index (χ1v) is 8.81. The minimum atomic E-state index is -0.687. The topological polar surface area (TPSA) is 81.7 Å². The van der Waals surface area contributed by atoms with Crippen LogP contribution >= 0.6 is 11.3 Å². The zero-order valence-corrected chi connectivity index (χ0v) is 15.4. The van der Waals surface area contributed by atoms with E-state index >= 15 is 0 Å². The fraction of sp³-hybridized carbons (Fsp3) is 0.333. The maximum atomic E-state index is 11.9. The molecule has 2 amide bonds. The second kappa shape index (κ2) is 8.64. The van der Waals surface area contributed by atoms with Gasteiger partial charge in [0.1, 0.15) is 0 Å². The van der Waals surface area contributed by atoms with Crippen LogP contribution in [0, 0.1) is 0 Å². The monoisotopic (exact) mass is 361 g/mol. The summed E-state index contributed by atoms with van der Waals surface area (Å²) >= 11 is 1.50. The van der Waals surface area contributed by atoms with E-state index in [1.54, 1.807) is 19.1 Å². The van der Waals surface area contributed by atoms with Crippen molar-refractivity contribution in [2.75, 3.05) is 30.9 Å². The van der Waals surface area contributed by atoms with Crippen molar-refractivity contribution in [1.82, 2.24) is 5.32 Å². The highest BCUT2D eigenvalue weighted by Gasteiger charge is 2.13. The van der Waals surface area contributed by atoms with Crippen molar-refractivity contribution >= 4 is 34.5 Å². The Morgan fingerprint density at radius 2 is 1.80 bits per heavy atom. The van der Waals surface area contributed by atoms with Crippen molar-refractivity contribution in [2.24, 2.45) is 0 Å². The third-order valence-corrected chi connectivity index (χ3v) is 4.91. The average Bonchev–Trinajstić information content (AvgIpc) is 3.04. The molecule has 1 aromatic heterocycles. The Labute approximate surface area is 151 Å². The molecule has 0 radical (unpaired) electrons. The lowest BCUT2D eigenvalue weighted by molar-refractivity contribution is -0.136. The quantitative estimate of drug-likeness (QED) is 0.689. The number of amides is 2. The third kappa shape index (κ3) is 5.58. The Balaban J connectivity index is 1.78. The van der Waals surface area contributed by atoms with Gasteiger partial charge in [-0.05, 0) is 49.7 Å². The van der Waals surface area contributed by atoms with Gasteiger partial charge in [0, 0.05) is 41.8 Å². The first-order valence-electron chi connectivity index (χ1n) is 8.00. The van der Waals surface area contributed by atoms with Crippen LogP contribution in [0.5, 0.6) is 0 Å². The summed E-state index contributed by atoms with van der Waals surface area (Å²) in [5, 5.41) is 14.7. The molecule has 0 saturated carbocycles. The second-order valence-electron chi connectivity index (χ2n) is 5.88. The number of hydrogen-bond donors (Lipinski definition) is 3. The van der Waals surface area contributed by atoms with Gasteiger partial charge in [0.25, 0.3) is 0 Å². The highest BCUT2D eigenvalue weighted by molar-refractivity contribution is 7.12. The number of carbonyl (C=O) groups is 2. The first-order chi connectivity index (χ1) is 11.9. The standard InChI is InChI=1S/C18H23N3O3S/c1-12(22)16-9-8-15(25-16)10-11-19-17(23)18(24)20-13-4-6-14(7-5-13)21(2)3/h4-9,12,22H,10-11H2,1-3H3,(H,19,23)(H,20,24)/t12-/m1/s1. The van der Waals surface area contributed by atoms with Gasteiger partial charge in [-0.3, -0.25) is 9.59 Å². The predicted molar refractivity (Wildman–Crippen MR) is 101 cm³/mol. The van der Waals surface area contributed by atoms with E-state index in [-0.39, 0.29) is 0 Å². The molecule has 1 atom stereocenters. The summed E-state index contributed by atoms with van der Waals surface area (Å²) in [7, 11) is 3.86. The molecule has 2 aromatic rings. The SMILES string of the molecule is C[C@@H](O)c1ccc(CCNC(=O)C(=O)Nc2ccc(N(C)C)cc2)s1. The zero-order chi connectivity index (χ0) is 18.4. The number of aliphatic hydroxyl groups excluding tert-OH is 1. The van der Waals surface area contributed by atoms with Gasteiger partial charge in [-0.2, -0.15) is 0 Å². The number of thiophene rings is 1. The normalized spacial score (nSPS) is 11.7. The number of carbonyl (C=O) groups excluding carboxylic acids is 2. The van der Waals surface area contributed by atoms with Gasteiger partial charge in [0.2, 0.25) is 0 Å². The van der Waals surface area contributed by atoms with E-state index in [9.17, 15) is 14.7 Å². The fourth-order valence-corrected chi connectivity index (χ4v) is 3.11. The zero-order valence-electron chi connectivity index (χ0n) is 14.6. The van der Waals surface area contributed by atoms with Crippen LogP contribution in [0.1, 0.15) is 22.8 Å². The van der Waals surface area contributed by atoms with Crippen LogP contribution in [0.15, 0.2) is 36.4 Å². The summed E-state index contributed by atoms with van der Waals surface area (Å²) in [6.45, 7) is 2.08. The fourth-order valence-electron chi connectivity index (χ4n) is 2.16. The van der Waals surface area contributed by atoms with Gasteiger partial charge in [0.15, 0.2) is 0 Å². The number of nitrogens with one attached hydrogen (secondary N) is 2. The molecule has 0 aliphatic carbocycles. The molecule has 2 rings (SSSR count). The van der Waals surface area contributed by atoms with E-state index in [0.717, 1.165) is 15.4 Å². The highest BCUT2D eigenvalue weighted by atomic mass is 32.1. The summed E-state index contributed by atoms with van der Waals surface area (Å²) in [4.78, 5) is 27.7. The Kier molecular flexibility index (Phi) is 6.55. The summed E-state index contributed by atoms with van der Waals surface area (Å²) in [6, 6.07) is 11.0. The van der Waals surface area contributed by atoms with Gasteiger partial charge < -0.3 is 20.6 Å². The number of rotatable bonds is 6. The maximum Gasteiger partial charge on any atom is 0.313 e. The van der Waals surface area contributed by atoms with Gasteiger partial charge in [0.05, 0.1) is 6.10 Å². The molecule has 1 heterocycles. The molecule has 0 bridgehead atoms. The van der Waals surface area contributed by atoms with Gasteiger partial charge in [-0.25, -0.2) is 0 Å². The van der Waals surface area contributed by atoms with Crippen LogP contribution in [-0.4, -0.2) is 37.6 Å². The minimum absolute atomic E-state index is 0.367. The van der Waals surface area contributed by atoms with Gasteiger partial charge >= 0.3 is 11.8 Å². The third-order valence-electron chi connectivity index (χ3n) is 3.60. The van der Waals surface area contributed by atoms with Crippen molar-refractivity contribution in [1.29, 1.82) is 0 Å². The lowest BCUT2D eigenvalue weighted by atomic mass is 10.2. The lowest BCUT2D eigenvalue weighted by Crippen LogP contribution is -2.36. The van der Waals surface area contributed by atoms with Crippen molar-refractivity contribution in [2.45, 2.75) is 19.4 Å². The van der Waals surface area contributed by atoms with Crippen LogP contribution in [0.25, 0.3) is 0 Å². The van der Waals surface area contributed by atoms with Crippen molar-refractivity contribution in [3.63, 3.8) is 0 Å². The van der Waals surface area contributed by atoms with E-state index in [0.29, 0.717) is 18.7 Å². The largest absolute Gasteiger partial charge is 0.388 e. The summed E-state index contributed by atoms with van der Waals surface area (Å²) in [5.41, 5.74) is 1.58. The van der Waals surface area contributed by atoms with E-state index in [1.165, 1.54) is 11.3 Å². The Bertz CT molecular complexity index is 723. The molecule has 0 fully saturated rings. The molecule has 25 heavy (non-hydrogen) atoms. The minimum Gasteiger partial charge on any atom is -0.388 e. The smallest absolute Gasteiger partial charge is 0.313 e. The molecule has 0 spiro atoms. The van der Waals surface area contributed by atoms with Crippen LogP contribution in [0.4, 0.5) is 11.4 Å². The number of aliphatic hydroxyl groups is 1. The first kappa shape index (κ1) is 19.0. The number of nitrogens with zero attached hydrogens (tertiary/aromatic N) is 1. The Morgan fingerprint density at radius 3 is 2.36 bits per heavy atom. The number of hydrogen-bond acceptors (Lipinski definition) is 5. The summed E-state index contributed by atoms with van der Waals surface area (Å²) in [5.74, 6) is -1.35. The molecule has 7 heteroatoms. The molecule has 0 aliphatic heterocycles. The molecule has 0 unspecified atom stereocenters. The molecule has 134 valence electrons. The molecule has 0 aliphatic rings. The molecular formula is C18H23N3O3S. The highest BCUT2D eigenvalue weighted by Crippen LogP contribution is 2.22. The lowest BCUT2D eigenvalue weighted by Gasteiger charge is -2.13. The Hall–Kier alpha value is -2.38. The van der Waals surface area contributed by atoms with Crippen LogP contribution in [0.3, 0.4) is 0 Å². The van der Waals surface area contributed by atoms with E-state index in [4.69, 9.17) is 0 Å². The van der Waals surface area contributed by atoms with E-state index < -0.39 is 17.9 Å². The number of benzene rings is 1. The van der Waals surface area contributed by atoms with E-state index in [1.807, 2.05) is 43.3 Å². The molecule has 6 nitrogen and oxygen atoms in total. The maximum absolute atomic E-state index is 11.9. The van der Waals surface area contributed by atoms with Crippen molar-refractivity contribution in [3.05, 3.63) is 46.2 Å². The van der Waals surface area contributed by atoms with Gasteiger partial charge in [-0.1, -0.05) is 0 Å². The van der Waals surface area contributed by atoms with Crippen molar-refractivity contribution in [3.8, 4) is 0 Å². The van der Waals surface area contributed by atoms with Crippen molar-refractivity contribution < 1.29 is 14.7 Å². The summed E-state index contributed by atoms with van der Waals surface area (Å²) < 4.78 is 0.